The summed E-state index contributed by atoms with van der Waals surface area (Å²) < 4.78 is 4.60. The smallest absolute Gasteiger partial charge is 0.305 e. The Morgan fingerprint density at radius 1 is 1.00 bits per heavy atom. The van der Waals surface area contributed by atoms with Gasteiger partial charge in [-0.3, -0.25) is 4.79 Å². The fourth-order valence-electron chi connectivity index (χ4n) is 1.79. The maximum absolute atomic E-state index is 10.9. The van der Waals surface area contributed by atoms with Crippen molar-refractivity contribution in [3.8, 4) is 0 Å². The van der Waals surface area contributed by atoms with Gasteiger partial charge in [-0.1, -0.05) is 25.0 Å². The second-order valence-corrected chi connectivity index (χ2v) is 4.60. The minimum absolute atomic E-state index is 0.0866. The first-order valence-electron chi connectivity index (χ1n) is 7.17. The summed E-state index contributed by atoms with van der Waals surface area (Å²) in [7, 11) is 3.44. The Kier molecular flexibility index (Phi) is 13.6. The fraction of sp³-hybridized carbons (Fsp3) is 0.800. The van der Waals surface area contributed by atoms with Gasteiger partial charge in [0, 0.05) is 6.42 Å². The molecule has 1 N–H and O–H groups in total. The Labute approximate surface area is 112 Å². The van der Waals surface area contributed by atoms with E-state index < -0.39 is 0 Å². The van der Waals surface area contributed by atoms with E-state index in [0.29, 0.717) is 6.42 Å². The Bertz CT molecular complexity index is 215. The SMILES string of the molecule is CNCCCC/C=C\CCCCCCC(=O)OC. The van der Waals surface area contributed by atoms with Crippen molar-refractivity contribution in [3.63, 3.8) is 0 Å². The zero-order valence-electron chi connectivity index (χ0n) is 12.0. The van der Waals surface area contributed by atoms with Crippen LogP contribution in [0, 0.1) is 0 Å². The molecule has 0 radical (unpaired) electrons. The predicted octanol–water partition coefficient (Wildman–Crippen LogP) is 3.45. The van der Waals surface area contributed by atoms with Crippen molar-refractivity contribution in [2.75, 3.05) is 20.7 Å². The second kappa shape index (κ2) is 14.2. The number of carbonyl (C=O) groups is 1. The molecule has 0 amide bonds. The minimum Gasteiger partial charge on any atom is -0.469 e. The third-order valence-corrected chi connectivity index (χ3v) is 2.94. The van der Waals surface area contributed by atoms with Crippen LogP contribution in [0.5, 0.6) is 0 Å². The quantitative estimate of drug-likeness (QED) is 0.330. The molecule has 0 rings (SSSR count). The van der Waals surface area contributed by atoms with Crippen LogP contribution in [-0.4, -0.2) is 26.7 Å². The van der Waals surface area contributed by atoms with E-state index in [4.69, 9.17) is 0 Å². The topological polar surface area (TPSA) is 38.3 Å². The average Bonchev–Trinajstić information content (AvgIpc) is 2.39. The molecule has 0 spiro atoms. The van der Waals surface area contributed by atoms with E-state index in [9.17, 15) is 4.79 Å². The van der Waals surface area contributed by atoms with Gasteiger partial charge in [0.25, 0.3) is 0 Å². The number of ether oxygens (including phenoxy) is 1. The highest BCUT2D eigenvalue weighted by molar-refractivity contribution is 5.68. The van der Waals surface area contributed by atoms with E-state index in [1.807, 2.05) is 7.05 Å². The third-order valence-electron chi connectivity index (χ3n) is 2.94. The van der Waals surface area contributed by atoms with Crippen molar-refractivity contribution >= 4 is 5.97 Å². The van der Waals surface area contributed by atoms with E-state index in [1.165, 1.54) is 45.6 Å². The van der Waals surface area contributed by atoms with Crippen molar-refractivity contribution in [2.24, 2.45) is 0 Å². The summed E-state index contributed by atoms with van der Waals surface area (Å²) in [5.41, 5.74) is 0. The molecule has 3 heteroatoms. The summed E-state index contributed by atoms with van der Waals surface area (Å²) in [6.07, 6.45) is 14.6. The summed E-state index contributed by atoms with van der Waals surface area (Å²) in [6, 6.07) is 0. The van der Waals surface area contributed by atoms with Crippen LogP contribution in [0.25, 0.3) is 0 Å². The first-order chi connectivity index (χ1) is 8.81. The van der Waals surface area contributed by atoms with Gasteiger partial charge in [0.2, 0.25) is 0 Å². The largest absolute Gasteiger partial charge is 0.469 e. The monoisotopic (exact) mass is 255 g/mol. The maximum Gasteiger partial charge on any atom is 0.305 e. The molecule has 0 saturated carbocycles. The molecule has 3 nitrogen and oxygen atoms in total. The van der Waals surface area contributed by atoms with Crippen LogP contribution in [0.2, 0.25) is 0 Å². The van der Waals surface area contributed by atoms with Crippen LogP contribution in [-0.2, 0) is 9.53 Å². The molecule has 0 bridgehead atoms. The number of allylic oxidation sites excluding steroid dienone is 2. The van der Waals surface area contributed by atoms with Crippen molar-refractivity contribution in [3.05, 3.63) is 12.2 Å². The highest BCUT2D eigenvalue weighted by Gasteiger charge is 1.98. The lowest BCUT2D eigenvalue weighted by Crippen LogP contribution is -2.06. The van der Waals surface area contributed by atoms with Crippen LogP contribution in [0.4, 0.5) is 0 Å². The fourth-order valence-corrected chi connectivity index (χ4v) is 1.79. The van der Waals surface area contributed by atoms with Crippen molar-refractivity contribution in [1.82, 2.24) is 5.32 Å². The number of carbonyl (C=O) groups excluding carboxylic acids is 1. The Morgan fingerprint density at radius 3 is 2.22 bits per heavy atom. The Morgan fingerprint density at radius 2 is 1.61 bits per heavy atom. The molecule has 106 valence electrons. The van der Waals surface area contributed by atoms with Crippen LogP contribution < -0.4 is 5.32 Å². The first kappa shape index (κ1) is 17.2. The van der Waals surface area contributed by atoms with E-state index in [1.54, 1.807) is 0 Å². The molecule has 0 fully saturated rings. The summed E-state index contributed by atoms with van der Waals surface area (Å²) >= 11 is 0. The zero-order valence-corrected chi connectivity index (χ0v) is 12.0. The van der Waals surface area contributed by atoms with E-state index in [0.717, 1.165) is 19.4 Å². The Balaban J connectivity index is 3.10. The summed E-state index contributed by atoms with van der Waals surface area (Å²) in [6.45, 7) is 1.12. The molecule has 0 aromatic carbocycles. The number of hydrogen-bond acceptors (Lipinski definition) is 3. The molecule has 0 aliphatic rings. The lowest BCUT2D eigenvalue weighted by Gasteiger charge is -1.99. The van der Waals surface area contributed by atoms with Gasteiger partial charge in [-0.25, -0.2) is 0 Å². The van der Waals surface area contributed by atoms with E-state index in [-0.39, 0.29) is 5.97 Å². The molecule has 0 aliphatic heterocycles. The van der Waals surface area contributed by atoms with Crippen molar-refractivity contribution < 1.29 is 9.53 Å². The standard InChI is InChI=1S/C15H29NO2/c1-16-14-12-10-8-6-4-3-5-7-9-11-13-15(17)18-2/h4,6,16H,3,5,7-14H2,1-2H3/b6-4-. The van der Waals surface area contributed by atoms with Crippen LogP contribution >= 0.6 is 0 Å². The van der Waals surface area contributed by atoms with Crippen LogP contribution in [0.3, 0.4) is 0 Å². The van der Waals surface area contributed by atoms with Gasteiger partial charge in [-0.05, 0) is 52.1 Å². The van der Waals surface area contributed by atoms with Crippen LogP contribution in [0.15, 0.2) is 12.2 Å². The predicted molar refractivity (Wildman–Crippen MR) is 76.6 cm³/mol. The van der Waals surface area contributed by atoms with Gasteiger partial charge in [0.1, 0.15) is 0 Å². The minimum atomic E-state index is -0.0866. The molecular formula is C15H29NO2. The average molecular weight is 255 g/mol. The molecule has 0 unspecified atom stereocenters. The molecule has 0 aromatic rings. The molecule has 0 aliphatic carbocycles. The van der Waals surface area contributed by atoms with Crippen molar-refractivity contribution in [2.45, 2.75) is 57.8 Å². The molecule has 0 aromatic heterocycles. The van der Waals surface area contributed by atoms with Gasteiger partial charge in [-0.15, -0.1) is 0 Å². The molecule has 0 atom stereocenters. The lowest BCUT2D eigenvalue weighted by atomic mass is 10.1. The van der Waals surface area contributed by atoms with Crippen molar-refractivity contribution in [1.29, 1.82) is 0 Å². The lowest BCUT2D eigenvalue weighted by molar-refractivity contribution is -0.140. The molecular weight excluding hydrogens is 226 g/mol. The number of methoxy groups -OCH3 is 1. The highest BCUT2D eigenvalue weighted by Crippen LogP contribution is 2.07. The van der Waals surface area contributed by atoms with Gasteiger partial charge >= 0.3 is 5.97 Å². The molecule has 18 heavy (non-hydrogen) atoms. The van der Waals surface area contributed by atoms with Gasteiger partial charge in [-0.2, -0.15) is 0 Å². The number of unbranched alkanes of at least 4 members (excludes halogenated alkanes) is 6. The number of hydrogen-bond donors (Lipinski definition) is 1. The van der Waals surface area contributed by atoms with E-state index in [2.05, 4.69) is 22.2 Å². The van der Waals surface area contributed by atoms with Gasteiger partial charge in [0.15, 0.2) is 0 Å². The van der Waals surface area contributed by atoms with E-state index >= 15 is 0 Å². The summed E-state index contributed by atoms with van der Waals surface area (Å²) in [4.78, 5) is 10.9. The second-order valence-electron chi connectivity index (χ2n) is 4.60. The first-order valence-corrected chi connectivity index (χ1v) is 7.17. The van der Waals surface area contributed by atoms with Gasteiger partial charge in [0.05, 0.1) is 7.11 Å². The highest BCUT2D eigenvalue weighted by atomic mass is 16.5. The summed E-state index contributed by atoms with van der Waals surface area (Å²) in [5, 5.41) is 3.15. The third kappa shape index (κ3) is 13.2. The maximum atomic E-state index is 10.9. The normalized spacial score (nSPS) is 11.0. The summed E-state index contributed by atoms with van der Waals surface area (Å²) in [5.74, 6) is -0.0866. The van der Waals surface area contributed by atoms with Gasteiger partial charge < -0.3 is 10.1 Å². The number of esters is 1. The molecule has 0 heterocycles. The van der Waals surface area contributed by atoms with Crippen LogP contribution in [0.1, 0.15) is 57.8 Å². The number of rotatable bonds is 12. The Hall–Kier alpha value is -0.830. The number of nitrogens with one attached hydrogen (secondary N) is 1. The zero-order chi connectivity index (χ0) is 13.5. The molecule has 0 saturated heterocycles.